The summed E-state index contributed by atoms with van der Waals surface area (Å²) in [5.74, 6) is -1.29. The molecular formula is C7H13NO3S. The Kier molecular flexibility index (Phi) is 6.55. The zero-order valence-electron chi connectivity index (χ0n) is 7.00. The Labute approximate surface area is 75.7 Å². The van der Waals surface area contributed by atoms with Gasteiger partial charge in [-0.05, 0) is 24.9 Å². The van der Waals surface area contributed by atoms with Gasteiger partial charge in [0, 0.05) is 6.54 Å². The SMILES string of the molecule is CSCCCCNC(=O)C(=O)O. The first-order valence-corrected chi connectivity index (χ1v) is 5.08. The highest BCUT2D eigenvalue weighted by Gasteiger charge is 2.08. The van der Waals surface area contributed by atoms with Crippen LogP contribution in [0.4, 0.5) is 0 Å². The topological polar surface area (TPSA) is 66.4 Å². The largest absolute Gasteiger partial charge is 0.474 e. The molecule has 4 nitrogen and oxygen atoms in total. The van der Waals surface area contributed by atoms with E-state index in [2.05, 4.69) is 5.32 Å². The fourth-order valence-corrected chi connectivity index (χ4v) is 1.14. The quantitative estimate of drug-likeness (QED) is 0.485. The van der Waals surface area contributed by atoms with Crippen molar-refractivity contribution in [2.45, 2.75) is 12.8 Å². The van der Waals surface area contributed by atoms with Gasteiger partial charge in [-0.2, -0.15) is 11.8 Å². The van der Waals surface area contributed by atoms with Gasteiger partial charge in [-0.1, -0.05) is 0 Å². The van der Waals surface area contributed by atoms with Crippen LogP contribution in [0.15, 0.2) is 0 Å². The monoisotopic (exact) mass is 191 g/mol. The second-order valence-electron chi connectivity index (χ2n) is 2.26. The number of rotatable bonds is 5. The number of hydrogen-bond donors (Lipinski definition) is 2. The van der Waals surface area contributed by atoms with E-state index < -0.39 is 11.9 Å². The number of carbonyl (C=O) groups is 2. The summed E-state index contributed by atoms with van der Waals surface area (Å²) in [6, 6.07) is 0. The van der Waals surface area contributed by atoms with Crippen LogP contribution in [0.3, 0.4) is 0 Å². The minimum absolute atomic E-state index is 0.450. The van der Waals surface area contributed by atoms with Crippen LogP contribution in [-0.2, 0) is 9.59 Å². The molecule has 0 spiro atoms. The minimum atomic E-state index is -1.42. The van der Waals surface area contributed by atoms with Crippen molar-refractivity contribution in [2.24, 2.45) is 0 Å². The van der Waals surface area contributed by atoms with Crippen LogP contribution in [-0.4, -0.2) is 35.5 Å². The smallest absolute Gasteiger partial charge is 0.394 e. The zero-order chi connectivity index (χ0) is 9.40. The average molecular weight is 191 g/mol. The number of aliphatic carboxylic acids is 1. The molecule has 0 heterocycles. The van der Waals surface area contributed by atoms with Crippen molar-refractivity contribution in [1.29, 1.82) is 0 Å². The third kappa shape index (κ3) is 6.03. The van der Waals surface area contributed by atoms with Crippen molar-refractivity contribution in [3.05, 3.63) is 0 Å². The van der Waals surface area contributed by atoms with Crippen molar-refractivity contribution in [2.75, 3.05) is 18.6 Å². The molecule has 0 aromatic carbocycles. The van der Waals surface area contributed by atoms with E-state index in [9.17, 15) is 9.59 Å². The zero-order valence-corrected chi connectivity index (χ0v) is 7.82. The van der Waals surface area contributed by atoms with Crippen LogP contribution in [0, 0.1) is 0 Å². The van der Waals surface area contributed by atoms with Gasteiger partial charge in [0.1, 0.15) is 0 Å². The van der Waals surface area contributed by atoms with Crippen LogP contribution < -0.4 is 5.32 Å². The molecule has 70 valence electrons. The van der Waals surface area contributed by atoms with Crippen LogP contribution in [0.2, 0.25) is 0 Å². The Morgan fingerprint density at radius 1 is 1.42 bits per heavy atom. The van der Waals surface area contributed by atoms with E-state index in [1.54, 1.807) is 11.8 Å². The second-order valence-corrected chi connectivity index (χ2v) is 3.25. The number of carboxylic acid groups (broad SMARTS) is 1. The molecule has 0 saturated heterocycles. The lowest BCUT2D eigenvalue weighted by Gasteiger charge is -2.00. The molecule has 0 aromatic heterocycles. The number of carboxylic acids is 1. The minimum Gasteiger partial charge on any atom is -0.474 e. The highest BCUT2D eigenvalue weighted by Crippen LogP contribution is 1.97. The molecule has 12 heavy (non-hydrogen) atoms. The second kappa shape index (κ2) is 6.97. The molecule has 0 unspecified atom stereocenters. The lowest BCUT2D eigenvalue weighted by molar-refractivity contribution is -0.150. The Bertz CT molecular complexity index is 161. The first-order valence-electron chi connectivity index (χ1n) is 3.68. The van der Waals surface area contributed by atoms with Gasteiger partial charge in [-0.3, -0.25) is 4.79 Å². The lowest BCUT2D eigenvalue weighted by atomic mass is 10.3. The normalized spacial score (nSPS) is 9.42. The first-order chi connectivity index (χ1) is 5.68. The Morgan fingerprint density at radius 2 is 2.08 bits per heavy atom. The number of amides is 1. The van der Waals surface area contributed by atoms with Gasteiger partial charge in [-0.25, -0.2) is 4.79 Å². The van der Waals surface area contributed by atoms with E-state index in [0.717, 1.165) is 18.6 Å². The molecule has 1 amide bonds. The summed E-state index contributed by atoms with van der Waals surface area (Å²) in [4.78, 5) is 20.5. The maximum absolute atomic E-state index is 10.5. The fraction of sp³-hybridized carbons (Fsp3) is 0.714. The van der Waals surface area contributed by atoms with Gasteiger partial charge in [0.25, 0.3) is 0 Å². The number of carbonyl (C=O) groups excluding carboxylic acids is 1. The van der Waals surface area contributed by atoms with Crippen molar-refractivity contribution in [1.82, 2.24) is 5.32 Å². The number of unbranched alkanes of at least 4 members (excludes halogenated alkanes) is 1. The van der Waals surface area contributed by atoms with E-state index in [1.807, 2.05) is 6.26 Å². The van der Waals surface area contributed by atoms with Crippen molar-refractivity contribution in [3.8, 4) is 0 Å². The van der Waals surface area contributed by atoms with E-state index >= 15 is 0 Å². The molecule has 0 radical (unpaired) electrons. The Hall–Kier alpha value is -0.710. The van der Waals surface area contributed by atoms with Crippen LogP contribution in [0.5, 0.6) is 0 Å². The molecule has 5 heteroatoms. The summed E-state index contributed by atoms with van der Waals surface area (Å²) in [5, 5.41) is 10.5. The fourth-order valence-electron chi connectivity index (χ4n) is 0.649. The van der Waals surface area contributed by atoms with Crippen LogP contribution >= 0.6 is 11.8 Å². The van der Waals surface area contributed by atoms with E-state index in [1.165, 1.54) is 0 Å². The molecule has 0 aliphatic rings. The molecule has 0 aromatic rings. The average Bonchev–Trinajstić information content (AvgIpc) is 2.03. The molecule has 0 saturated carbocycles. The highest BCUT2D eigenvalue weighted by atomic mass is 32.2. The lowest BCUT2D eigenvalue weighted by Crippen LogP contribution is -2.31. The molecular weight excluding hydrogens is 178 g/mol. The van der Waals surface area contributed by atoms with Gasteiger partial charge in [0.2, 0.25) is 0 Å². The molecule has 0 bridgehead atoms. The van der Waals surface area contributed by atoms with Gasteiger partial charge in [0.05, 0.1) is 0 Å². The summed E-state index contributed by atoms with van der Waals surface area (Å²) in [5.41, 5.74) is 0. The summed E-state index contributed by atoms with van der Waals surface area (Å²) in [6.07, 6.45) is 3.84. The van der Waals surface area contributed by atoms with Gasteiger partial charge < -0.3 is 10.4 Å². The predicted octanol–water partition coefficient (Wildman–Crippen LogP) is 0.330. The summed E-state index contributed by atoms with van der Waals surface area (Å²) >= 11 is 1.74. The van der Waals surface area contributed by atoms with E-state index in [-0.39, 0.29) is 0 Å². The van der Waals surface area contributed by atoms with Crippen LogP contribution in [0.1, 0.15) is 12.8 Å². The Balaban J connectivity index is 3.20. The number of nitrogens with one attached hydrogen (secondary N) is 1. The third-order valence-electron chi connectivity index (χ3n) is 1.26. The molecule has 0 atom stereocenters. The van der Waals surface area contributed by atoms with Crippen LogP contribution in [0.25, 0.3) is 0 Å². The van der Waals surface area contributed by atoms with Crippen molar-refractivity contribution < 1.29 is 14.7 Å². The van der Waals surface area contributed by atoms with Gasteiger partial charge in [0.15, 0.2) is 0 Å². The molecule has 2 N–H and O–H groups in total. The summed E-state index contributed by atoms with van der Waals surface area (Å²) in [7, 11) is 0. The van der Waals surface area contributed by atoms with Gasteiger partial charge in [-0.15, -0.1) is 0 Å². The summed E-state index contributed by atoms with van der Waals surface area (Å²) in [6.45, 7) is 0.450. The Morgan fingerprint density at radius 3 is 2.58 bits per heavy atom. The first kappa shape index (κ1) is 11.3. The molecule has 0 aliphatic heterocycles. The maximum atomic E-state index is 10.5. The van der Waals surface area contributed by atoms with Crippen molar-refractivity contribution in [3.63, 3.8) is 0 Å². The number of thioether (sulfide) groups is 1. The van der Waals surface area contributed by atoms with Gasteiger partial charge >= 0.3 is 11.9 Å². The van der Waals surface area contributed by atoms with E-state index in [4.69, 9.17) is 5.11 Å². The number of hydrogen-bond acceptors (Lipinski definition) is 3. The standard InChI is InChI=1S/C7H13NO3S/c1-12-5-3-2-4-8-6(9)7(10)11/h2-5H2,1H3,(H,8,9)(H,10,11). The maximum Gasteiger partial charge on any atom is 0.394 e. The van der Waals surface area contributed by atoms with Crippen molar-refractivity contribution >= 4 is 23.6 Å². The van der Waals surface area contributed by atoms with E-state index in [0.29, 0.717) is 6.54 Å². The third-order valence-corrected chi connectivity index (χ3v) is 1.95. The molecule has 0 rings (SSSR count). The highest BCUT2D eigenvalue weighted by molar-refractivity contribution is 7.98. The predicted molar refractivity (Wildman–Crippen MR) is 48.3 cm³/mol. The molecule has 0 aliphatic carbocycles. The molecule has 0 fully saturated rings. The summed E-state index contributed by atoms with van der Waals surface area (Å²) < 4.78 is 0.